The summed E-state index contributed by atoms with van der Waals surface area (Å²) in [5, 5.41) is 12.9. The third-order valence-electron chi connectivity index (χ3n) is 6.96. The first-order valence-electron chi connectivity index (χ1n) is 12.7. The van der Waals surface area contributed by atoms with Gasteiger partial charge in [-0.1, -0.05) is 12.1 Å². The van der Waals surface area contributed by atoms with Crippen LogP contribution in [-0.4, -0.2) is 53.7 Å². The van der Waals surface area contributed by atoms with E-state index >= 15 is 4.39 Å². The predicted octanol–water partition coefficient (Wildman–Crippen LogP) is 4.66. The molecular formula is C27H30F3N3O5S. The van der Waals surface area contributed by atoms with Gasteiger partial charge in [0.05, 0.1) is 29.5 Å². The largest absolute Gasteiger partial charge is 0.487 e. The normalized spacial score (nSPS) is 18.5. The Morgan fingerprint density at radius 2 is 1.92 bits per heavy atom. The summed E-state index contributed by atoms with van der Waals surface area (Å²) in [6.45, 7) is 4.11. The van der Waals surface area contributed by atoms with Crippen LogP contribution in [0.3, 0.4) is 0 Å². The summed E-state index contributed by atoms with van der Waals surface area (Å²) in [6, 6.07) is 6.62. The van der Waals surface area contributed by atoms with Crippen molar-refractivity contribution < 1.29 is 36.2 Å². The number of aliphatic hydroxyl groups is 1. The van der Waals surface area contributed by atoms with Crippen LogP contribution in [0, 0.1) is 12.7 Å². The lowest BCUT2D eigenvalue weighted by Gasteiger charge is -2.30. The van der Waals surface area contributed by atoms with Crippen LogP contribution in [0.5, 0.6) is 5.75 Å². The van der Waals surface area contributed by atoms with Crippen LogP contribution in [-0.2, 0) is 27.0 Å². The molecule has 8 nitrogen and oxygen atoms in total. The Kier molecular flexibility index (Phi) is 7.01. The second-order valence-corrected chi connectivity index (χ2v) is 12.7. The van der Waals surface area contributed by atoms with E-state index in [1.807, 2.05) is 0 Å². The Morgan fingerprint density at radius 1 is 1.18 bits per heavy atom. The minimum Gasteiger partial charge on any atom is -0.487 e. The molecule has 2 heterocycles. The van der Waals surface area contributed by atoms with Crippen molar-refractivity contribution in [2.75, 3.05) is 18.5 Å². The average molecular weight is 566 g/mol. The smallest absolute Gasteiger partial charge is 0.303 e. The number of fused-ring (bicyclic) bond motifs is 1. The van der Waals surface area contributed by atoms with Crippen LogP contribution in [0.15, 0.2) is 35.2 Å². The number of hydrogen-bond donors (Lipinski definition) is 2. The van der Waals surface area contributed by atoms with E-state index < -0.39 is 38.0 Å². The van der Waals surface area contributed by atoms with Gasteiger partial charge in [0.2, 0.25) is 0 Å². The predicted molar refractivity (Wildman–Crippen MR) is 138 cm³/mol. The molecule has 0 amide bonds. The number of anilines is 1. The van der Waals surface area contributed by atoms with Crippen molar-refractivity contribution in [2.45, 2.75) is 74.4 Å². The fourth-order valence-electron chi connectivity index (χ4n) is 4.51. The summed E-state index contributed by atoms with van der Waals surface area (Å²) in [5.74, 6) is -4.21. The number of aromatic nitrogens is 2. The second-order valence-electron chi connectivity index (χ2n) is 10.5. The average Bonchev–Trinajstić information content (AvgIpc) is 3.60. The molecule has 1 aromatic heterocycles. The molecule has 2 N–H and O–H groups in total. The van der Waals surface area contributed by atoms with Gasteiger partial charge in [-0.05, 0) is 51.8 Å². The summed E-state index contributed by atoms with van der Waals surface area (Å²) in [7, 11) is -3.63. The molecular weight excluding hydrogens is 535 g/mol. The zero-order valence-corrected chi connectivity index (χ0v) is 22.6. The Bertz CT molecular complexity index is 1520. The van der Waals surface area contributed by atoms with E-state index in [0.717, 1.165) is 19.9 Å². The second kappa shape index (κ2) is 9.90. The highest BCUT2D eigenvalue weighted by Gasteiger charge is 2.49. The van der Waals surface area contributed by atoms with Gasteiger partial charge >= 0.3 is 5.92 Å². The first kappa shape index (κ1) is 27.6. The van der Waals surface area contributed by atoms with Gasteiger partial charge in [-0.3, -0.25) is 0 Å². The molecule has 0 unspecified atom stereocenters. The molecule has 0 spiro atoms. The zero-order valence-electron chi connectivity index (χ0n) is 21.8. The van der Waals surface area contributed by atoms with E-state index in [1.54, 1.807) is 13.0 Å². The summed E-state index contributed by atoms with van der Waals surface area (Å²) in [5.41, 5.74) is -3.10. The Morgan fingerprint density at radius 3 is 2.56 bits per heavy atom. The van der Waals surface area contributed by atoms with Crippen molar-refractivity contribution in [3.05, 3.63) is 53.1 Å². The first-order chi connectivity index (χ1) is 18.3. The fraction of sp³-hybridized carbons (Fsp3) is 0.481. The van der Waals surface area contributed by atoms with Crippen LogP contribution in [0.2, 0.25) is 0 Å². The molecule has 2 fully saturated rings. The molecule has 0 bridgehead atoms. The highest BCUT2D eigenvalue weighted by molar-refractivity contribution is 7.92. The number of sulfone groups is 1. The maximum Gasteiger partial charge on any atom is 0.303 e. The van der Waals surface area contributed by atoms with Gasteiger partial charge < -0.3 is 19.9 Å². The van der Waals surface area contributed by atoms with Crippen molar-refractivity contribution in [3.8, 4) is 5.75 Å². The quantitative estimate of drug-likeness (QED) is 0.386. The molecule has 210 valence electrons. The molecule has 2 aliphatic rings. The van der Waals surface area contributed by atoms with E-state index in [4.69, 9.17) is 9.47 Å². The topological polar surface area (TPSA) is 111 Å². The van der Waals surface area contributed by atoms with Gasteiger partial charge in [0.15, 0.2) is 9.84 Å². The monoisotopic (exact) mass is 565 g/mol. The summed E-state index contributed by atoms with van der Waals surface area (Å²) < 4.78 is 82.6. The number of alkyl halides is 2. The van der Waals surface area contributed by atoms with E-state index in [0.29, 0.717) is 49.2 Å². The summed E-state index contributed by atoms with van der Waals surface area (Å²) >= 11 is 0. The van der Waals surface area contributed by atoms with Gasteiger partial charge in [0, 0.05) is 23.9 Å². The standard InChI is InChI=1S/C27H30F3N3O5S/c1-15-32-21-12-23(39(35,36)18-7-8-18)22(38-17-9-10-37-14-17)11-19(21)25(33-15)31-13-16-5-4-6-20(24(16)28)27(29,30)26(2,3)34/h4-6,11-12,17-18,34H,7-10,13-14H2,1-3H3,(H,31,32,33)/t17-/m0/s1. The van der Waals surface area contributed by atoms with Crippen molar-refractivity contribution >= 4 is 26.6 Å². The molecule has 39 heavy (non-hydrogen) atoms. The number of hydrogen-bond acceptors (Lipinski definition) is 8. The lowest BCUT2D eigenvalue weighted by molar-refractivity contribution is -0.170. The Labute approximate surface area is 224 Å². The number of benzene rings is 2. The van der Waals surface area contributed by atoms with Crippen LogP contribution < -0.4 is 10.1 Å². The van der Waals surface area contributed by atoms with E-state index in [-0.39, 0.29) is 34.7 Å². The Balaban J connectivity index is 1.53. The maximum absolute atomic E-state index is 15.2. The number of rotatable bonds is 9. The van der Waals surface area contributed by atoms with Crippen molar-refractivity contribution in [3.63, 3.8) is 0 Å². The molecule has 5 rings (SSSR count). The minimum atomic E-state index is -3.83. The third-order valence-corrected chi connectivity index (χ3v) is 9.24. The fourth-order valence-corrected chi connectivity index (χ4v) is 6.29. The van der Waals surface area contributed by atoms with Gasteiger partial charge in [-0.2, -0.15) is 8.78 Å². The zero-order chi connectivity index (χ0) is 28.2. The number of nitrogens with zero attached hydrogens (tertiary/aromatic N) is 2. The summed E-state index contributed by atoms with van der Waals surface area (Å²) in [6.07, 6.45) is 1.46. The molecule has 1 atom stereocenters. The highest BCUT2D eigenvalue weighted by Crippen LogP contribution is 2.42. The number of nitrogens with one attached hydrogen (secondary N) is 1. The van der Waals surface area contributed by atoms with E-state index in [9.17, 15) is 22.3 Å². The molecule has 1 saturated carbocycles. The Hall–Kier alpha value is -2.96. The molecule has 0 radical (unpaired) electrons. The molecule has 1 saturated heterocycles. The van der Waals surface area contributed by atoms with Crippen molar-refractivity contribution in [1.82, 2.24) is 9.97 Å². The van der Waals surface area contributed by atoms with Gasteiger partial charge in [0.1, 0.15) is 39.8 Å². The molecule has 2 aromatic carbocycles. The molecule has 12 heteroatoms. The van der Waals surface area contributed by atoms with Crippen LogP contribution in [0.4, 0.5) is 19.0 Å². The molecule has 1 aliphatic heterocycles. The van der Waals surface area contributed by atoms with Crippen LogP contribution in [0.1, 0.15) is 50.1 Å². The highest BCUT2D eigenvalue weighted by atomic mass is 32.2. The first-order valence-corrected chi connectivity index (χ1v) is 14.3. The van der Waals surface area contributed by atoms with Crippen LogP contribution >= 0.6 is 0 Å². The van der Waals surface area contributed by atoms with E-state index in [2.05, 4.69) is 15.3 Å². The maximum atomic E-state index is 15.2. The molecule has 1 aliphatic carbocycles. The van der Waals surface area contributed by atoms with Gasteiger partial charge in [-0.25, -0.2) is 22.8 Å². The van der Waals surface area contributed by atoms with Gasteiger partial charge in [-0.15, -0.1) is 0 Å². The number of halogens is 3. The SMILES string of the molecule is Cc1nc(NCc2cccc(C(F)(F)C(C)(C)O)c2F)c2cc(O[C@H]3CCOC3)c(S(=O)(=O)C3CC3)cc2n1. The number of ether oxygens (including phenoxy) is 2. The van der Waals surface area contributed by atoms with E-state index in [1.165, 1.54) is 18.2 Å². The van der Waals surface area contributed by atoms with Gasteiger partial charge in [0.25, 0.3) is 0 Å². The number of aryl methyl sites for hydroxylation is 1. The summed E-state index contributed by atoms with van der Waals surface area (Å²) in [4.78, 5) is 8.88. The lowest BCUT2D eigenvalue weighted by Crippen LogP contribution is -2.41. The third kappa shape index (κ3) is 5.29. The van der Waals surface area contributed by atoms with Crippen molar-refractivity contribution in [1.29, 1.82) is 0 Å². The van der Waals surface area contributed by atoms with Crippen LogP contribution in [0.25, 0.3) is 10.9 Å². The molecule has 3 aromatic rings. The lowest BCUT2D eigenvalue weighted by atomic mass is 9.92. The minimum absolute atomic E-state index is 0.0565. The van der Waals surface area contributed by atoms with Crippen molar-refractivity contribution in [2.24, 2.45) is 0 Å².